The Morgan fingerprint density at radius 2 is 2.00 bits per heavy atom. The van der Waals surface area contributed by atoms with Gasteiger partial charge in [-0.3, -0.25) is 4.79 Å². The summed E-state index contributed by atoms with van der Waals surface area (Å²) in [6.07, 6.45) is 3.29. The molecule has 0 saturated heterocycles. The third-order valence-electron chi connectivity index (χ3n) is 3.28. The van der Waals surface area contributed by atoms with Gasteiger partial charge >= 0.3 is 6.61 Å². The van der Waals surface area contributed by atoms with Gasteiger partial charge in [-0.1, -0.05) is 6.92 Å². The van der Waals surface area contributed by atoms with Gasteiger partial charge < -0.3 is 9.64 Å². The Kier molecular flexibility index (Phi) is 4.93. The van der Waals surface area contributed by atoms with Gasteiger partial charge in [-0.25, -0.2) is 0 Å². The first-order valence-corrected chi connectivity index (χ1v) is 6.94. The number of hydrogen-bond donors (Lipinski definition) is 0. The van der Waals surface area contributed by atoms with Gasteiger partial charge in [0.15, 0.2) is 0 Å². The molecule has 0 bridgehead atoms. The molecule has 0 heterocycles. The number of hydrogen-bond acceptors (Lipinski definition) is 2. The largest absolute Gasteiger partial charge is 0.435 e. The van der Waals surface area contributed by atoms with E-state index in [1.807, 2.05) is 11.8 Å². The first-order chi connectivity index (χ1) is 9.60. The van der Waals surface area contributed by atoms with Crippen molar-refractivity contribution in [3.05, 3.63) is 29.8 Å². The highest BCUT2D eigenvalue weighted by molar-refractivity contribution is 5.94. The van der Waals surface area contributed by atoms with E-state index in [0.717, 1.165) is 19.5 Å². The zero-order valence-electron chi connectivity index (χ0n) is 11.5. The van der Waals surface area contributed by atoms with Crippen molar-refractivity contribution in [1.82, 2.24) is 4.90 Å². The second kappa shape index (κ2) is 6.68. The number of amides is 1. The molecular formula is C15H19F2NO2. The molecule has 1 aliphatic carbocycles. The van der Waals surface area contributed by atoms with E-state index in [9.17, 15) is 13.6 Å². The minimum Gasteiger partial charge on any atom is -0.435 e. The summed E-state index contributed by atoms with van der Waals surface area (Å²) < 4.78 is 28.4. The van der Waals surface area contributed by atoms with Crippen molar-refractivity contribution >= 4 is 5.91 Å². The molecule has 2 rings (SSSR count). The maximum absolute atomic E-state index is 12.4. The Bertz CT molecular complexity index is 444. The fourth-order valence-corrected chi connectivity index (χ4v) is 2.12. The van der Waals surface area contributed by atoms with Gasteiger partial charge in [0.1, 0.15) is 5.75 Å². The monoisotopic (exact) mass is 283 g/mol. The first kappa shape index (κ1) is 14.8. The molecule has 0 atom stereocenters. The van der Waals surface area contributed by atoms with Gasteiger partial charge in [-0.05, 0) is 49.4 Å². The van der Waals surface area contributed by atoms with Crippen LogP contribution in [0.2, 0.25) is 0 Å². The van der Waals surface area contributed by atoms with Crippen LogP contribution in [0.3, 0.4) is 0 Å². The summed E-state index contributed by atoms with van der Waals surface area (Å²) in [6, 6.07) is 5.88. The highest BCUT2D eigenvalue weighted by Crippen LogP contribution is 2.30. The summed E-state index contributed by atoms with van der Waals surface area (Å²) in [7, 11) is 0. The fourth-order valence-electron chi connectivity index (χ4n) is 2.12. The molecule has 0 aliphatic heterocycles. The third kappa shape index (κ3) is 4.18. The van der Waals surface area contributed by atoms with Crippen molar-refractivity contribution in [3.8, 4) is 5.75 Å². The number of carbonyl (C=O) groups is 1. The predicted molar refractivity (Wildman–Crippen MR) is 72.0 cm³/mol. The van der Waals surface area contributed by atoms with Crippen LogP contribution in [0.4, 0.5) is 8.78 Å². The molecular weight excluding hydrogens is 264 g/mol. The molecule has 1 amide bonds. The minimum atomic E-state index is -2.84. The lowest BCUT2D eigenvalue weighted by Crippen LogP contribution is -2.33. The summed E-state index contributed by atoms with van der Waals surface area (Å²) in [5.41, 5.74) is 0.515. The van der Waals surface area contributed by atoms with E-state index in [-0.39, 0.29) is 11.7 Å². The van der Waals surface area contributed by atoms with Crippen LogP contribution in [-0.4, -0.2) is 30.5 Å². The van der Waals surface area contributed by atoms with Crippen molar-refractivity contribution in [2.75, 3.05) is 13.1 Å². The summed E-state index contributed by atoms with van der Waals surface area (Å²) in [6.45, 7) is 0.710. The predicted octanol–water partition coefficient (Wildman–Crippen LogP) is 3.55. The molecule has 1 fully saturated rings. The van der Waals surface area contributed by atoms with E-state index in [0.29, 0.717) is 11.5 Å². The SMILES string of the molecule is CCCN(CC1CC1)C(=O)c1ccc(OC(F)F)cc1. The van der Waals surface area contributed by atoms with Crippen molar-refractivity contribution in [1.29, 1.82) is 0 Å². The highest BCUT2D eigenvalue weighted by atomic mass is 19.3. The van der Waals surface area contributed by atoms with Gasteiger partial charge in [-0.15, -0.1) is 0 Å². The van der Waals surface area contributed by atoms with Crippen LogP contribution in [0.1, 0.15) is 36.5 Å². The topological polar surface area (TPSA) is 29.5 Å². The Morgan fingerprint density at radius 3 is 2.50 bits per heavy atom. The van der Waals surface area contributed by atoms with E-state index in [1.54, 1.807) is 0 Å². The zero-order valence-corrected chi connectivity index (χ0v) is 11.5. The number of rotatable bonds is 7. The third-order valence-corrected chi connectivity index (χ3v) is 3.28. The molecule has 0 spiro atoms. The normalized spacial score (nSPS) is 14.4. The highest BCUT2D eigenvalue weighted by Gasteiger charge is 2.26. The van der Waals surface area contributed by atoms with E-state index < -0.39 is 6.61 Å². The number of halogens is 2. The van der Waals surface area contributed by atoms with Gasteiger partial charge in [0.2, 0.25) is 0 Å². The number of benzene rings is 1. The molecule has 0 aromatic heterocycles. The van der Waals surface area contributed by atoms with Gasteiger partial charge in [0.05, 0.1) is 0 Å². The summed E-state index contributed by atoms with van der Waals surface area (Å²) >= 11 is 0. The van der Waals surface area contributed by atoms with Crippen LogP contribution in [0, 0.1) is 5.92 Å². The Balaban J connectivity index is 2.01. The molecule has 20 heavy (non-hydrogen) atoms. The molecule has 0 N–H and O–H groups in total. The second-order valence-corrected chi connectivity index (χ2v) is 5.10. The van der Waals surface area contributed by atoms with Crippen molar-refractivity contribution in [2.45, 2.75) is 32.8 Å². The van der Waals surface area contributed by atoms with E-state index in [1.165, 1.54) is 37.1 Å². The summed E-state index contributed by atoms with van der Waals surface area (Å²) in [5, 5.41) is 0. The summed E-state index contributed by atoms with van der Waals surface area (Å²) in [5.74, 6) is 0.662. The molecule has 1 aromatic rings. The van der Waals surface area contributed by atoms with Crippen LogP contribution in [0.5, 0.6) is 5.75 Å². The molecule has 1 aliphatic rings. The molecule has 5 heteroatoms. The first-order valence-electron chi connectivity index (χ1n) is 6.94. The Labute approximate surface area is 117 Å². The molecule has 110 valence electrons. The zero-order chi connectivity index (χ0) is 14.5. The van der Waals surface area contributed by atoms with Crippen LogP contribution >= 0.6 is 0 Å². The minimum absolute atomic E-state index is 0.0395. The molecule has 0 unspecified atom stereocenters. The van der Waals surface area contributed by atoms with Crippen LogP contribution in [-0.2, 0) is 0 Å². The number of alkyl halides is 2. The lowest BCUT2D eigenvalue weighted by Gasteiger charge is -2.22. The second-order valence-electron chi connectivity index (χ2n) is 5.10. The number of carbonyl (C=O) groups excluding carboxylic acids is 1. The Morgan fingerprint density at radius 1 is 1.35 bits per heavy atom. The quantitative estimate of drug-likeness (QED) is 0.766. The fraction of sp³-hybridized carbons (Fsp3) is 0.533. The average Bonchev–Trinajstić information content (AvgIpc) is 3.22. The lowest BCUT2D eigenvalue weighted by molar-refractivity contribution is -0.0498. The van der Waals surface area contributed by atoms with Gasteiger partial charge in [-0.2, -0.15) is 8.78 Å². The standard InChI is InChI=1S/C15H19F2NO2/c1-2-9-18(10-11-3-4-11)14(19)12-5-7-13(8-6-12)20-15(16)17/h5-8,11,15H,2-4,9-10H2,1H3. The molecule has 1 aromatic carbocycles. The smallest absolute Gasteiger partial charge is 0.387 e. The van der Waals surface area contributed by atoms with E-state index in [4.69, 9.17) is 0 Å². The number of ether oxygens (including phenoxy) is 1. The Hall–Kier alpha value is -1.65. The van der Waals surface area contributed by atoms with Crippen LogP contribution in [0.15, 0.2) is 24.3 Å². The summed E-state index contributed by atoms with van der Waals surface area (Å²) in [4.78, 5) is 14.2. The van der Waals surface area contributed by atoms with E-state index >= 15 is 0 Å². The average molecular weight is 283 g/mol. The van der Waals surface area contributed by atoms with Crippen molar-refractivity contribution in [2.24, 2.45) is 5.92 Å². The van der Waals surface area contributed by atoms with Gasteiger partial charge in [0.25, 0.3) is 5.91 Å². The number of nitrogens with zero attached hydrogens (tertiary/aromatic N) is 1. The van der Waals surface area contributed by atoms with Crippen LogP contribution < -0.4 is 4.74 Å². The van der Waals surface area contributed by atoms with Gasteiger partial charge in [0, 0.05) is 18.7 Å². The van der Waals surface area contributed by atoms with E-state index in [2.05, 4.69) is 4.74 Å². The molecule has 1 saturated carbocycles. The van der Waals surface area contributed by atoms with Crippen molar-refractivity contribution < 1.29 is 18.3 Å². The molecule has 3 nitrogen and oxygen atoms in total. The molecule has 0 radical (unpaired) electrons. The maximum Gasteiger partial charge on any atom is 0.387 e. The van der Waals surface area contributed by atoms with Crippen LogP contribution in [0.25, 0.3) is 0 Å². The lowest BCUT2D eigenvalue weighted by atomic mass is 10.1. The van der Waals surface area contributed by atoms with Crippen molar-refractivity contribution in [3.63, 3.8) is 0 Å². The maximum atomic E-state index is 12.4.